The summed E-state index contributed by atoms with van der Waals surface area (Å²) in [5.41, 5.74) is 9.00. The Labute approximate surface area is 115 Å². The fraction of sp³-hybridized carbons (Fsp3) is 0.529. The van der Waals surface area contributed by atoms with Crippen molar-refractivity contribution in [1.82, 2.24) is 0 Å². The van der Waals surface area contributed by atoms with Gasteiger partial charge in [0.2, 0.25) is 0 Å². The van der Waals surface area contributed by atoms with E-state index < -0.39 is 0 Å². The third-order valence-electron chi connectivity index (χ3n) is 5.03. The van der Waals surface area contributed by atoms with E-state index in [1.807, 2.05) is 0 Å². The molecule has 1 aliphatic carbocycles. The van der Waals surface area contributed by atoms with Crippen LogP contribution in [0, 0.1) is 12.3 Å². The van der Waals surface area contributed by atoms with Gasteiger partial charge in [-0.15, -0.1) is 0 Å². The number of furan rings is 1. The van der Waals surface area contributed by atoms with E-state index in [0.29, 0.717) is 0 Å². The average Bonchev–Trinajstić information content (AvgIpc) is 3.06. The Bertz CT molecular complexity index is 578. The predicted octanol–water partition coefficient (Wildman–Crippen LogP) is 4.71. The van der Waals surface area contributed by atoms with E-state index in [2.05, 4.69) is 38.1 Å². The second-order valence-corrected chi connectivity index (χ2v) is 6.04. The van der Waals surface area contributed by atoms with Crippen LogP contribution in [0.25, 0.3) is 11.0 Å². The molecular formula is C17H23NO. The summed E-state index contributed by atoms with van der Waals surface area (Å²) in [7, 11) is 0. The second kappa shape index (κ2) is 4.68. The van der Waals surface area contributed by atoms with Crippen LogP contribution < -0.4 is 5.73 Å². The fourth-order valence-electron chi connectivity index (χ4n) is 3.65. The number of hydrogen-bond acceptors (Lipinski definition) is 2. The molecule has 102 valence electrons. The Morgan fingerprint density at radius 1 is 1.32 bits per heavy atom. The maximum atomic E-state index is 6.57. The van der Waals surface area contributed by atoms with Gasteiger partial charge in [0, 0.05) is 5.39 Å². The highest BCUT2D eigenvalue weighted by molar-refractivity contribution is 5.81. The first kappa shape index (κ1) is 12.7. The van der Waals surface area contributed by atoms with Gasteiger partial charge in [0.15, 0.2) is 0 Å². The van der Waals surface area contributed by atoms with Crippen molar-refractivity contribution in [3.05, 3.63) is 35.6 Å². The zero-order valence-electron chi connectivity index (χ0n) is 11.9. The molecule has 1 aromatic carbocycles. The topological polar surface area (TPSA) is 39.2 Å². The molecule has 0 bridgehead atoms. The van der Waals surface area contributed by atoms with Gasteiger partial charge in [-0.1, -0.05) is 38.0 Å². The third-order valence-corrected chi connectivity index (χ3v) is 5.03. The lowest BCUT2D eigenvalue weighted by molar-refractivity contribution is 0.201. The van der Waals surface area contributed by atoms with Gasteiger partial charge in [0.25, 0.3) is 0 Å². The monoisotopic (exact) mass is 257 g/mol. The zero-order chi connectivity index (χ0) is 13.5. The van der Waals surface area contributed by atoms with Crippen molar-refractivity contribution >= 4 is 11.0 Å². The summed E-state index contributed by atoms with van der Waals surface area (Å²) in [5, 5.41) is 1.18. The van der Waals surface area contributed by atoms with Gasteiger partial charge in [0.1, 0.15) is 11.3 Å². The van der Waals surface area contributed by atoms with Gasteiger partial charge in [0.05, 0.1) is 6.04 Å². The molecule has 2 heteroatoms. The van der Waals surface area contributed by atoms with Crippen molar-refractivity contribution in [3.63, 3.8) is 0 Å². The zero-order valence-corrected chi connectivity index (χ0v) is 11.9. The van der Waals surface area contributed by atoms with Crippen LogP contribution in [-0.4, -0.2) is 0 Å². The van der Waals surface area contributed by atoms with Crippen molar-refractivity contribution in [2.45, 2.75) is 52.0 Å². The van der Waals surface area contributed by atoms with Crippen molar-refractivity contribution in [1.29, 1.82) is 0 Å². The van der Waals surface area contributed by atoms with Crippen LogP contribution in [0.5, 0.6) is 0 Å². The minimum atomic E-state index is 0.0341. The molecule has 1 aliphatic rings. The van der Waals surface area contributed by atoms with Crippen LogP contribution in [0.3, 0.4) is 0 Å². The Hall–Kier alpha value is -1.28. The first-order chi connectivity index (χ1) is 9.16. The van der Waals surface area contributed by atoms with E-state index in [4.69, 9.17) is 10.2 Å². The maximum Gasteiger partial charge on any atom is 0.137 e. The minimum absolute atomic E-state index is 0.0341. The van der Waals surface area contributed by atoms with Crippen LogP contribution in [0.2, 0.25) is 0 Å². The molecule has 1 heterocycles. The molecule has 0 amide bonds. The summed E-state index contributed by atoms with van der Waals surface area (Å²) in [6, 6.07) is 8.45. The molecule has 1 saturated carbocycles. The van der Waals surface area contributed by atoms with Crippen LogP contribution in [-0.2, 0) is 0 Å². The number of para-hydroxylation sites is 1. The smallest absolute Gasteiger partial charge is 0.137 e. The van der Waals surface area contributed by atoms with Gasteiger partial charge < -0.3 is 10.2 Å². The molecule has 0 radical (unpaired) electrons. The van der Waals surface area contributed by atoms with Crippen molar-refractivity contribution in [2.24, 2.45) is 11.1 Å². The molecule has 1 fully saturated rings. The molecule has 0 aliphatic heterocycles. The summed E-state index contributed by atoms with van der Waals surface area (Å²) in [6.07, 6.45) is 6.23. The number of aryl methyl sites for hydroxylation is 1. The molecule has 2 nitrogen and oxygen atoms in total. The van der Waals surface area contributed by atoms with Crippen LogP contribution >= 0.6 is 0 Å². The number of hydrogen-bond donors (Lipinski definition) is 1. The van der Waals surface area contributed by atoms with Gasteiger partial charge in [-0.2, -0.15) is 0 Å². The SMILES string of the molecule is CCC1(C(N)c2cc3cccc(C)c3o2)CCCC1. The van der Waals surface area contributed by atoms with E-state index >= 15 is 0 Å². The largest absolute Gasteiger partial charge is 0.459 e. The summed E-state index contributed by atoms with van der Waals surface area (Å²) >= 11 is 0. The number of nitrogens with two attached hydrogens (primary N) is 1. The molecule has 1 atom stereocenters. The summed E-state index contributed by atoms with van der Waals surface area (Å²) in [4.78, 5) is 0. The molecule has 3 rings (SSSR count). The van der Waals surface area contributed by atoms with Crippen LogP contribution in [0.1, 0.15) is 56.4 Å². The lowest BCUT2D eigenvalue weighted by Crippen LogP contribution is -2.31. The molecule has 0 saturated heterocycles. The number of fused-ring (bicyclic) bond motifs is 1. The quantitative estimate of drug-likeness (QED) is 0.864. The van der Waals surface area contributed by atoms with E-state index in [1.54, 1.807) is 0 Å². The van der Waals surface area contributed by atoms with Gasteiger partial charge >= 0.3 is 0 Å². The average molecular weight is 257 g/mol. The molecule has 1 aromatic heterocycles. The van der Waals surface area contributed by atoms with Gasteiger partial charge in [-0.3, -0.25) is 0 Å². The van der Waals surface area contributed by atoms with Gasteiger partial charge in [-0.25, -0.2) is 0 Å². The summed E-state index contributed by atoms with van der Waals surface area (Å²) < 4.78 is 6.07. The molecule has 2 N–H and O–H groups in total. The standard InChI is InChI=1S/C17H23NO/c1-3-17(9-4-5-10-17)16(18)14-11-13-8-6-7-12(2)15(13)19-14/h6-8,11,16H,3-5,9-10,18H2,1-2H3. The lowest BCUT2D eigenvalue weighted by Gasteiger charge is -2.32. The van der Waals surface area contributed by atoms with Crippen molar-refractivity contribution < 1.29 is 4.42 Å². The Kier molecular flexibility index (Phi) is 3.14. The molecule has 0 spiro atoms. The minimum Gasteiger partial charge on any atom is -0.459 e. The fourth-order valence-corrected chi connectivity index (χ4v) is 3.65. The molecule has 2 aromatic rings. The van der Waals surface area contributed by atoms with Crippen molar-refractivity contribution in [3.8, 4) is 0 Å². The second-order valence-electron chi connectivity index (χ2n) is 6.04. The predicted molar refractivity (Wildman–Crippen MR) is 79.1 cm³/mol. The summed E-state index contributed by atoms with van der Waals surface area (Å²) in [6.45, 7) is 4.35. The van der Waals surface area contributed by atoms with Gasteiger partial charge in [-0.05, 0) is 43.2 Å². The molecular weight excluding hydrogens is 234 g/mol. The maximum absolute atomic E-state index is 6.57. The van der Waals surface area contributed by atoms with Crippen LogP contribution in [0.15, 0.2) is 28.7 Å². The van der Waals surface area contributed by atoms with Crippen LogP contribution in [0.4, 0.5) is 0 Å². The van der Waals surface area contributed by atoms with E-state index in [9.17, 15) is 0 Å². The first-order valence-corrected chi connectivity index (χ1v) is 7.41. The van der Waals surface area contributed by atoms with E-state index in [1.165, 1.54) is 36.6 Å². The molecule has 19 heavy (non-hydrogen) atoms. The molecule has 1 unspecified atom stereocenters. The highest BCUT2D eigenvalue weighted by Crippen LogP contribution is 2.49. The number of rotatable bonds is 3. The third kappa shape index (κ3) is 1.99. The highest BCUT2D eigenvalue weighted by atomic mass is 16.3. The Morgan fingerprint density at radius 3 is 2.68 bits per heavy atom. The normalized spacial score (nSPS) is 19.9. The lowest BCUT2D eigenvalue weighted by atomic mass is 9.75. The Morgan fingerprint density at radius 2 is 2.05 bits per heavy atom. The first-order valence-electron chi connectivity index (χ1n) is 7.41. The summed E-state index contributed by atoms with van der Waals surface area (Å²) in [5.74, 6) is 0.966. The van der Waals surface area contributed by atoms with E-state index in [-0.39, 0.29) is 11.5 Å². The Balaban J connectivity index is 2.01. The van der Waals surface area contributed by atoms with Crippen molar-refractivity contribution in [2.75, 3.05) is 0 Å². The number of benzene rings is 1. The highest BCUT2D eigenvalue weighted by Gasteiger charge is 2.40. The van der Waals surface area contributed by atoms with E-state index in [0.717, 1.165) is 17.8 Å².